The van der Waals surface area contributed by atoms with Gasteiger partial charge in [0.2, 0.25) is 0 Å². The number of hydrogen-bond donors (Lipinski definition) is 2. The largest absolute Gasteiger partial charge is 0.382 e. The second-order valence-electron chi connectivity index (χ2n) is 5.60. The second kappa shape index (κ2) is 18.1. The average Bonchev–Trinajstić information content (AvgIpc) is 3.01. The van der Waals surface area contributed by atoms with E-state index in [9.17, 15) is 0 Å². The van der Waals surface area contributed by atoms with Crippen LogP contribution in [0.4, 0.5) is 5.82 Å². The third-order valence-electron chi connectivity index (χ3n) is 3.61. The van der Waals surface area contributed by atoms with E-state index in [4.69, 9.17) is 5.73 Å². The molecule has 1 aromatic rings. The van der Waals surface area contributed by atoms with Crippen molar-refractivity contribution in [1.82, 2.24) is 9.46 Å². The molecule has 1 aromatic heterocycles. The van der Waals surface area contributed by atoms with Crippen LogP contribution in [0, 0.1) is 0 Å². The fraction of sp³-hybridized carbons (Fsp3) is 0.650. The van der Waals surface area contributed by atoms with Crippen LogP contribution in [0.5, 0.6) is 0 Å². The lowest BCUT2D eigenvalue weighted by molar-refractivity contribution is 0.509. The van der Waals surface area contributed by atoms with Gasteiger partial charge in [0.05, 0.1) is 4.88 Å². The molecule has 0 amide bonds. The quantitative estimate of drug-likeness (QED) is 0.453. The van der Waals surface area contributed by atoms with Gasteiger partial charge in [-0.3, -0.25) is 5.09 Å². The molecule has 0 aliphatic rings. The number of rotatable bonds is 9. The lowest BCUT2D eigenvalue weighted by atomic mass is 10.1. The van der Waals surface area contributed by atoms with E-state index in [1.807, 2.05) is 13.8 Å². The Morgan fingerprint density at radius 2 is 1.92 bits per heavy atom. The molecule has 146 valence electrons. The van der Waals surface area contributed by atoms with Crippen LogP contribution in [-0.4, -0.2) is 10.4 Å². The highest BCUT2D eigenvalue weighted by atomic mass is 32.1. The van der Waals surface area contributed by atoms with Crippen LogP contribution in [0.25, 0.3) is 11.6 Å². The summed E-state index contributed by atoms with van der Waals surface area (Å²) in [5.41, 5.74) is 7.88. The van der Waals surface area contributed by atoms with E-state index in [0.29, 0.717) is 5.82 Å². The monoisotopic (exact) mass is 385 g/mol. The van der Waals surface area contributed by atoms with Crippen LogP contribution >= 0.6 is 20.9 Å². The van der Waals surface area contributed by atoms with Gasteiger partial charge in [0.15, 0.2) is 0 Å². The first-order valence-corrected chi connectivity index (χ1v) is 10.9. The van der Waals surface area contributed by atoms with E-state index in [1.54, 1.807) is 6.08 Å². The molecular weight excluding hydrogens is 345 g/mol. The van der Waals surface area contributed by atoms with Gasteiger partial charge < -0.3 is 5.73 Å². The van der Waals surface area contributed by atoms with E-state index < -0.39 is 0 Å². The van der Waals surface area contributed by atoms with Gasteiger partial charge in [-0.05, 0) is 43.3 Å². The van der Waals surface area contributed by atoms with Gasteiger partial charge in [-0.1, -0.05) is 82.0 Å². The van der Waals surface area contributed by atoms with Crippen molar-refractivity contribution >= 4 is 38.4 Å². The molecule has 0 radical (unpaired) electrons. The minimum absolute atomic E-state index is 0.582. The van der Waals surface area contributed by atoms with Crippen molar-refractivity contribution < 1.29 is 0 Å². The summed E-state index contributed by atoms with van der Waals surface area (Å²) in [6.07, 6.45) is 11.5. The van der Waals surface area contributed by atoms with Gasteiger partial charge in [0, 0.05) is 11.6 Å². The number of nitrogens with two attached hydrogens (primary N) is 1. The van der Waals surface area contributed by atoms with Gasteiger partial charge in [-0.2, -0.15) is 4.37 Å². The predicted octanol–water partition coefficient (Wildman–Crippen LogP) is 6.93. The van der Waals surface area contributed by atoms with E-state index in [1.165, 1.54) is 49.2 Å². The maximum Gasteiger partial charge on any atom is 0.144 e. The molecule has 5 heteroatoms. The molecule has 1 heterocycles. The molecule has 3 nitrogen and oxygen atoms in total. The van der Waals surface area contributed by atoms with Crippen molar-refractivity contribution in [3.05, 3.63) is 23.1 Å². The van der Waals surface area contributed by atoms with Crippen molar-refractivity contribution in [2.75, 3.05) is 5.73 Å². The number of unbranched alkanes of at least 4 members (excludes halogenated alkanes) is 1. The molecule has 0 fully saturated rings. The Bertz CT molecular complexity index is 470. The zero-order valence-electron chi connectivity index (χ0n) is 17.2. The number of aromatic nitrogens is 1. The fourth-order valence-corrected chi connectivity index (χ4v) is 3.43. The van der Waals surface area contributed by atoms with Gasteiger partial charge in [0.25, 0.3) is 0 Å². The van der Waals surface area contributed by atoms with Crippen LogP contribution < -0.4 is 10.8 Å². The van der Waals surface area contributed by atoms with Crippen molar-refractivity contribution in [1.29, 1.82) is 0 Å². The van der Waals surface area contributed by atoms with Crippen molar-refractivity contribution in [2.24, 2.45) is 0 Å². The summed E-state index contributed by atoms with van der Waals surface area (Å²) in [5.74, 6) is 0.582. The van der Waals surface area contributed by atoms with Crippen LogP contribution in [0.1, 0.15) is 90.5 Å². The third-order valence-corrected chi connectivity index (χ3v) is 5.09. The Kier molecular flexibility index (Phi) is 19.2. The summed E-state index contributed by atoms with van der Waals surface area (Å²) in [6, 6.07) is 0.731. The SMILES string of the molecule is C=Cc1c(N)nsc1/C(C)=C\CC.CC.CCCCC(CCC)NP. The van der Waals surface area contributed by atoms with Gasteiger partial charge in [-0.15, -0.1) is 0 Å². The lowest BCUT2D eigenvalue weighted by Crippen LogP contribution is -2.19. The number of allylic oxidation sites excluding steroid dienone is 2. The smallest absolute Gasteiger partial charge is 0.144 e. The normalized spacial score (nSPS) is 11.7. The molecule has 2 unspecified atom stereocenters. The first kappa shape index (κ1) is 26.5. The number of hydrogen-bond acceptors (Lipinski definition) is 4. The highest BCUT2D eigenvalue weighted by molar-refractivity contribution is 7.13. The van der Waals surface area contributed by atoms with Gasteiger partial charge >= 0.3 is 0 Å². The molecule has 0 spiro atoms. The van der Waals surface area contributed by atoms with Crippen LogP contribution in [-0.2, 0) is 0 Å². The highest BCUT2D eigenvalue weighted by Gasteiger charge is 2.08. The van der Waals surface area contributed by atoms with E-state index >= 15 is 0 Å². The minimum Gasteiger partial charge on any atom is -0.382 e. The fourth-order valence-electron chi connectivity index (χ4n) is 2.30. The number of anilines is 1. The molecule has 1 rings (SSSR count). The maximum absolute atomic E-state index is 5.69. The topological polar surface area (TPSA) is 50.9 Å². The summed E-state index contributed by atoms with van der Waals surface area (Å²) in [6.45, 7) is 16.4. The van der Waals surface area contributed by atoms with Crippen molar-refractivity contribution in [3.8, 4) is 0 Å². The molecule has 0 saturated heterocycles. The van der Waals surface area contributed by atoms with E-state index in [-0.39, 0.29) is 0 Å². The zero-order valence-corrected chi connectivity index (χ0v) is 19.2. The summed E-state index contributed by atoms with van der Waals surface area (Å²) >= 11 is 1.43. The zero-order chi connectivity index (χ0) is 19.7. The second-order valence-corrected chi connectivity index (χ2v) is 6.71. The molecule has 0 saturated carbocycles. The number of nitrogens with one attached hydrogen (secondary N) is 1. The molecule has 25 heavy (non-hydrogen) atoms. The Morgan fingerprint density at radius 3 is 2.36 bits per heavy atom. The van der Waals surface area contributed by atoms with Crippen LogP contribution in [0.3, 0.4) is 0 Å². The number of nitrogens with zero attached hydrogens (tertiary/aromatic N) is 1. The third kappa shape index (κ3) is 11.5. The van der Waals surface area contributed by atoms with Crippen LogP contribution in [0.2, 0.25) is 0 Å². The Balaban J connectivity index is 0. The molecular formula is C20H40N3PS. The predicted molar refractivity (Wildman–Crippen MR) is 123 cm³/mol. The standard InChI is InChI=1S/C10H14N2S.C8H20NP.C2H6/c1-4-6-7(3)9-8(5-2)10(11)12-13-9;1-3-5-7-8(9-10)6-4-2;1-2/h5-6H,2,4H2,1,3H3,(H2,11,12);8-9H,3-7,10H2,1-2H3;1-2H3/b7-6-;;. The maximum atomic E-state index is 5.69. The average molecular weight is 386 g/mol. The number of nitrogen functional groups attached to an aromatic ring is 1. The summed E-state index contributed by atoms with van der Waals surface area (Å²) in [4.78, 5) is 1.13. The van der Waals surface area contributed by atoms with E-state index in [2.05, 4.69) is 59.2 Å². The van der Waals surface area contributed by atoms with Crippen molar-refractivity contribution in [2.45, 2.75) is 86.1 Å². The van der Waals surface area contributed by atoms with Gasteiger partial charge in [0.1, 0.15) is 5.82 Å². The Morgan fingerprint density at radius 1 is 1.28 bits per heavy atom. The summed E-state index contributed by atoms with van der Waals surface area (Å²) in [7, 11) is 2.61. The minimum atomic E-state index is 0.582. The molecule has 0 aliphatic carbocycles. The molecule has 0 aliphatic heterocycles. The first-order chi connectivity index (χ1) is 12.0. The van der Waals surface area contributed by atoms with E-state index in [0.717, 1.165) is 22.9 Å². The van der Waals surface area contributed by atoms with Gasteiger partial charge in [-0.25, -0.2) is 0 Å². The Labute approximate surface area is 163 Å². The Hall–Kier alpha value is -0.700. The first-order valence-electron chi connectivity index (χ1n) is 9.56. The van der Waals surface area contributed by atoms with Crippen molar-refractivity contribution in [3.63, 3.8) is 0 Å². The molecule has 0 aromatic carbocycles. The summed E-state index contributed by atoms with van der Waals surface area (Å²) in [5, 5.41) is 3.25. The molecule has 3 N–H and O–H groups in total. The summed E-state index contributed by atoms with van der Waals surface area (Å²) < 4.78 is 4.10. The molecule has 2 atom stereocenters. The highest BCUT2D eigenvalue weighted by Crippen LogP contribution is 2.28. The molecule has 0 bridgehead atoms. The lowest BCUT2D eigenvalue weighted by Gasteiger charge is -2.13. The van der Waals surface area contributed by atoms with Crippen LogP contribution in [0.15, 0.2) is 12.7 Å².